The fraction of sp³-hybridized carbons (Fsp3) is 0.765. The van der Waals surface area contributed by atoms with Crippen molar-refractivity contribution in [3.63, 3.8) is 0 Å². The molecule has 94 heavy (non-hydrogen) atoms. The Labute approximate surface area is 564 Å². The summed E-state index contributed by atoms with van der Waals surface area (Å²) in [5, 5.41) is 0. The maximum atomic E-state index is 16.1. The topological polar surface area (TPSA) is 113 Å². The summed E-state index contributed by atoms with van der Waals surface area (Å²) in [5.41, 5.74) is -1.17. The van der Waals surface area contributed by atoms with Crippen molar-refractivity contribution in [2.24, 2.45) is 86.3 Å². The lowest BCUT2D eigenvalue weighted by molar-refractivity contribution is -0.161. The van der Waals surface area contributed by atoms with Crippen LogP contribution in [0.4, 0.5) is 13.2 Å². The number of benzene rings is 2. The van der Waals surface area contributed by atoms with Gasteiger partial charge < -0.3 is 4.74 Å². The van der Waals surface area contributed by atoms with E-state index in [-0.39, 0.29) is 49.5 Å². The zero-order valence-electron chi connectivity index (χ0n) is 58.2. The number of rotatable bonds is 13. The lowest BCUT2D eigenvalue weighted by Crippen LogP contribution is -2.58. The molecule has 0 amide bonds. The first kappa shape index (κ1) is 69.2. The van der Waals surface area contributed by atoms with Gasteiger partial charge in [-0.05, 0) is 332 Å². The second kappa shape index (κ2) is 26.7. The summed E-state index contributed by atoms with van der Waals surface area (Å²) < 4.78 is 116. The average Bonchev–Trinajstić information content (AvgIpc) is 0.714. The van der Waals surface area contributed by atoms with Crippen molar-refractivity contribution >= 4 is 26.2 Å². The Bertz CT molecular complexity index is 3300. The van der Waals surface area contributed by atoms with Gasteiger partial charge in [-0.2, -0.15) is 16.8 Å². The molecule has 0 saturated heterocycles. The third-order valence-corrected chi connectivity index (χ3v) is 32.6. The van der Waals surface area contributed by atoms with Gasteiger partial charge in [-0.25, -0.2) is 13.2 Å². The van der Waals surface area contributed by atoms with Gasteiger partial charge in [0.15, 0.2) is 0 Å². The monoisotopic (exact) mass is 1340 g/mol. The highest BCUT2D eigenvalue weighted by Crippen LogP contribution is 2.74. The van der Waals surface area contributed by atoms with Crippen LogP contribution in [0.2, 0.25) is 0 Å². The highest BCUT2D eigenvalue weighted by molar-refractivity contribution is 7.87. The second-order valence-corrected chi connectivity index (χ2v) is 37.8. The number of carbonyl (C=O) groups excluding carboxylic acids is 1. The fourth-order valence-electron chi connectivity index (χ4n) is 23.4. The van der Waals surface area contributed by atoms with Gasteiger partial charge in [0.25, 0.3) is 20.2 Å². The lowest BCUT2D eigenvalue weighted by atomic mass is 9.39. The third kappa shape index (κ3) is 13.3. The number of hydrogen-bond donors (Lipinski definition) is 0. The van der Waals surface area contributed by atoms with Crippen LogP contribution >= 0.6 is 0 Å². The van der Waals surface area contributed by atoms with Crippen LogP contribution in [0.3, 0.4) is 0 Å². The first-order chi connectivity index (χ1) is 44.8. The molecule has 8 nitrogen and oxygen atoms in total. The van der Waals surface area contributed by atoms with Crippen molar-refractivity contribution in [3.8, 4) is 0 Å². The molecule has 11 fully saturated rings. The van der Waals surface area contributed by atoms with Crippen molar-refractivity contribution in [1.29, 1.82) is 0 Å². The molecule has 2 aromatic rings. The van der Waals surface area contributed by atoms with Gasteiger partial charge in [-0.1, -0.05) is 94.7 Å². The number of ether oxygens (including phenoxy) is 1. The second-order valence-electron chi connectivity index (χ2n) is 34.7. The van der Waals surface area contributed by atoms with Crippen LogP contribution < -0.4 is 0 Å². The van der Waals surface area contributed by atoms with Crippen LogP contribution in [-0.4, -0.2) is 39.6 Å². The molecule has 0 atom stereocenters. The summed E-state index contributed by atoms with van der Waals surface area (Å²) in [6.07, 6.45) is 47.0. The predicted molar refractivity (Wildman–Crippen MR) is 366 cm³/mol. The van der Waals surface area contributed by atoms with E-state index in [2.05, 4.69) is 20.8 Å². The molecule has 8 bridgehead atoms. The summed E-state index contributed by atoms with van der Waals surface area (Å²) in [5.74, 6) is 7.54. The quantitative estimate of drug-likeness (QED) is 0.144. The number of esters is 1. The Kier molecular flexibility index (Phi) is 19.7. The molecule has 11 saturated carbocycles. The Morgan fingerprint density at radius 1 is 0.383 bits per heavy atom. The van der Waals surface area contributed by atoms with Gasteiger partial charge in [-0.15, -0.1) is 0 Å². The Hall–Kier alpha value is -3.26. The number of fused-ring (bicyclic) bond motifs is 9. The first-order valence-corrected chi connectivity index (χ1v) is 41.0. The molecule has 0 aliphatic heterocycles. The van der Waals surface area contributed by atoms with Crippen LogP contribution in [-0.2, 0) is 38.1 Å². The van der Waals surface area contributed by atoms with Crippen LogP contribution in [0.1, 0.15) is 283 Å². The van der Waals surface area contributed by atoms with Crippen LogP contribution in [0.15, 0.2) is 94.0 Å². The maximum Gasteiger partial charge on any atom is 0.303 e. The smallest absolute Gasteiger partial charge is 0.303 e. The molecule has 0 unspecified atom stereocenters. The number of carbonyl (C=O) groups is 1. The van der Waals surface area contributed by atoms with Crippen molar-refractivity contribution in [1.82, 2.24) is 0 Å². The van der Waals surface area contributed by atoms with E-state index in [4.69, 9.17) is 13.1 Å². The van der Waals surface area contributed by atoms with Gasteiger partial charge in [-0.3, -0.25) is 13.2 Å². The largest absolute Gasteiger partial charge is 0.455 e. The molecule has 19 rings (SSSR count). The minimum absolute atomic E-state index is 0.0335. The molecular weight excluding hydrogens is 1220 g/mol. The van der Waals surface area contributed by atoms with E-state index in [0.717, 1.165) is 116 Å². The number of allylic oxidation sites excluding steroid dienone is 3. The SMILES string of the molecule is CC(=O)OC12C=C(F)C(C3CCC(C4CCC(C)CC4)CC3)(CC1)CC2.Cc1ccc(S(=O)(=O)OC23C=C(F)C(C45CCC(C6CCC(C)CC6)(CC4)CC5)(CC2)CC3)cc1.Cc1ccc(S(=O)(=O)OC23C=C(F)C(C4CCC(C5CCC(C)CC5)CC4)(CC2)CC3)cc1. The van der Waals surface area contributed by atoms with E-state index >= 15 is 13.2 Å². The van der Waals surface area contributed by atoms with E-state index in [1.165, 1.54) is 142 Å². The molecule has 17 aliphatic carbocycles. The molecule has 0 spiro atoms. The minimum Gasteiger partial charge on any atom is -0.455 e. The molecule has 0 radical (unpaired) electrons. The molecule has 2 aromatic carbocycles. The van der Waals surface area contributed by atoms with Gasteiger partial charge >= 0.3 is 5.97 Å². The van der Waals surface area contributed by atoms with Gasteiger partial charge in [0.1, 0.15) is 34.3 Å². The van der Waals surface area contributed by atoms with Crippen LogP contribution in [0, 0.1) is 100 Å². The summed E-state index contributed by atoms with van der Waals surface area (Å²) in [4.78, 5) is 11.7. The highest BCUT2D eigenvalue weighted by Gasteiger charge is 2.66. The molecule has 0 heterocycles. The predicted octanol–water partition coefficient (Wildman–Crippen LogP) is 21.9. The first-order valence-electron chi connectivity index (χ1n) is 38.2. The van der Waals surface area contributed by atoms with E-state index in [1.807, 2.05) is 13.8 Å². The van der Waals surface area contributed by atoms with E-state index < -0.39 is 42.5 Å². The van der Waals surface area contributed by atoms with Gasteiger partial charge in [0, 0.05) is 23.2 Å². The van der Waals surface area contributed by atoms with Crippen LogP contribution in [0.25, 0.3) is 0 Å². The summed E-state index contributed by atoms with van der Waals surface area (Å²) in [6, 6.07) is 13.4. The van der Waals surface area contributed by atoms with Crippen molar-refractivity contribution < 1.29 is 47.9 Å². The van der Waals surface area contributed by atoms with Crippen molar-refractivity contribution in [3.05, 3.63) is 95.4 Å². The molecule has 13 heteroatoms. The highest BCUT2D eigenvalue weighted by atomic mass is 32.2. The van der Waals surface area contributed by atoms with Crippen LogP contribution in [0.5, 0.6) is 0 Å². The summed E-state index contributed by atoms with van der Waals surface area (Å²) in [7, 11) is -7.87. The number of halogens is 3. The molecular formula is C81H115F3O8S2. The molecule has 17 aliphatic rings. The molecule has 0 N–H and O–H groups in total. The van der Waals surface area contributed by atoms with Crippen molar-refractivity contribution in [2.75, 3.05) is 0 Å². The van der Waals surface area contributed by atoms with Crippen molar-refractivity contribution in [2.45, 2.75) is 312 Å². The van der Waals surface area contributed by atoms with Gasteiger partial charge in [0.05, 0.1) is 9.79 Å². The maximum absolute atomic E-state index is 16.1. The number of hydrogen-bond acceptors (Lipinski definition) is 8. The van der Waals surface area contributed by atoms with Gasteiger partial charge in [0.2, 0.25) is 0 Å². The van der Waals surface area contributed by atoms with E-state index in [1.54, 1.807) is 66.8 Å². The molecule has 520 valence electrons. The zero-order valence-corrected chi connectivity index (χ0v) is 59.8. The minimum atomic E-state index is -3.94. The lowest BCUT2D eigenvalue weighted by Gasteiger charge is -2.66. The fourth-order valence-corrected chi connectivity index (χ4v) is 25.8. The summed E-state index contributed by atoms with van der Waals surface area (Å²) in [6.45, 7) is 12.4. The standard InChI is InChI=1S/C30H41FO3S.C28H39FO3S.C23H35FO2/c1-22-3-7-24(8-4-22)27-11-14-28(15-12-27,16-13-27)30-19-17-29(18-20-30,21-26(30)31)34-35(32,33)25-9-5-23(2)6-10-25;1-20-3-7-22(8-4-20)23-9-11-24(12-10-23)28-17-15-27(16-18-28,19-26(28)29)32-33(30,31)25-13-5-21(2)6-14-25;1-16-3-5-18(6-4-16)19-7-9-20(10-8-19)23-13-11-22(12-14-23,15-21(23)24)26-17(2)25/h5-6,9-10,21-22,24H,3-4,7-8,11-20H2,1-2H3;5-6,13-14,19-20,22-24H,3-4,7-12,15-18H2,1-2H3;15-16,18-20H,3-14H2,1-2H3. The Balaban J connectivity index is 0.000000130. The summed E-state index contributed by atoms with van der Waals surface area (Å²) >= 11 is 0. The molecule has 0 aromatic heterocycles. The van der Waals surface area contributed by atoms with E-state index in [9.17, 15) is 21.6 Å². The average molecular weight is 1340 g/mol. The Morgan fingerprint density at radius 3 is 1.04 bits per heavy atom. The third-order valence-electron chi connectivity index (χ3n) is 29.8. The number of aryl methyl sites for hydroxylation is 2. The Morgan fingerprint density at radius 2 is 0.691 bits per heavy atom. The normalized spacial score (nSPS) is 42.6. The zero-order chi connectivity index (χ0) is 66.2. The van der Waals surface area contributed by atoms with E-state index in [0.29, 0.717) is 68.6 Å².